The Balaban J connectivity index is 1.49. The number of benzene rings is 1. The van der Waals surface area contributed by atoms with Crippen LogP contribution in [0.5, 0.6) is 0 Å². The fourth-order valence-corrected chi connectivity index (χ4v) is 2.94. The Bertz CT molecular complexity index is 729. The summed E-state index contributed by atoms with van der Waals surface area (Å²) in [7, 11) is 0. The van der Waals surface area contributed by atoms with Crippen LogP contribution in [-0.2, 0) is 4.74 Å². The van der Waals surface area contributed by atoms with E-state index in [0.717, 1.165) is 19.3 Å². The molecule has 2 atom stereocenters. The molecule has 7 heteroatoms. The lowest BCUT2D eigenvalue weighted by molar-refractivity contribution is 0.0709. The molecule has 1 fully saturated rings. The number of carbonyl (C=O) groups is 2. The summed E-state index contributed by atoms with van der Waals surface area (Å²) < 4.78 is 10.4. The second-order valence-electron chi connectivity index (χ2n) is 6.18. The third-order valence-electron chi connectivity index (χ3n) is 4.12. The van der Waals surface area contributed by atoms with Gasteiger partial charge in [0.25, 0.3) is 5.91 Å². The number of hydrogen-bond acceptors (Lipinski definition) is 5. The van der Waals surface area contributed by atoms with Crippen molar-refractivity contribution in [3.05, 3.63) is 47.9 Å². The zero-order valence-electron chi connectivity index (χ0n) is 14.0. The molecule has 7 nitrogen and oxygen atoms in total. The van der Waals surface area contributed by atoms with Gasteiger partial charge in [-0.05, 0) is 38.3 Å². The van der Waals surface area contributed by atoms with E-state index < -0.39 is 6.09 Å². The summed E-state index contributed by atoms with van der Waals surface area (Å²) in [5.41, 5.74) is 0.955. The average molecular weight is 343 g/mol. The molecule has 2 amide bonds. The first kappa shape index (κ1) is 17.0. The summed E-state index contributed by atoms with van der Waals surface area (Å²) in [5, 5.41) is 9.34. The summed E-state index contributed by atoms with van der Waals surface area (Å²) in [5.74, 6) is 0.323. The summed E-state index contributed by atoms with van der Waals surface area (Å²) in [6, 6.07) is 10.7. The minimum atomic E-state index is -0.477. The summed E-state index contributed by atoms with van der Waals surface area (Å²) >= 11 is 0. The lowest BCUT2D eigenvalue weighted by Gasteiger charge is -2.29. The highest BCUT2D eigenvalue weighted by molar-refractivity contribution is 5.92. The van der Waals surface area contributed by atoms with Gasteiger partial charge < -0.3 is 14.6 Å². The molecule has 3 rings (SSSR count). The highest BCUT2D eigenvalue weighted by atomic mass is 16.6. The van der Waals surface area contributed by atoms with Gasteiger partial charge in [0.15, 0.2) is 5.69 Å². The zero-order chi connectivity index (χ0) is 17.6. The topological polar surface area (TPSA) is 93.5 Å². The van der Waals surface area contributed by atoms with Crippen molar-refractivity contribution in [1.82, 2.24) is 10.5 Å². The molecule has 1 aliphatic carbocycles. The van der Waals surface area contributed by atoms with Crippen LogP contribution in [0.4, 0.5) is 10.5 Å². The second-order valence-corrected chi connectivity index (χ2v) is 6.18. The van der Waals surface area contributed by atoms with Gasteiger partial charge >= 0.3 is 6.09 Å². The largest absolute Gasteiger partial charge is 0.446 e. The number of carbonyl (C=O) groups excluding carboxylic acids is 2. The number of ether oxygens (including phenoxy) is 1. The summed E-state index contributed by atoms with van der Waals surface area (Å²) in [6.45, 7) is 1.74. The zero-order valence-corrected chi connectivity index (χ0v) is 14.0. The molecule has 132 valence electrons. The van der Waals surface area contributed by atoms with Gasteiger partial charge in [-0.2, -0.15) is 0 Å². The van der Waals surface area contributed by atoms with Gasteiger partial charge in [-0.25, -0.2) is 4.79 Å². The number of rotatable bonds is 4. The number of nitrogens with zero attached hydrogens (tertiary/aromatic N) is 1. The predicted molar refractivity (Wildman–Crippen MR) is 91.3 cm³/mol. The molecule has 0 aliphatic heterocycles. The Morgan fingerprint density at radius 2 is 2.04 bits per heavy atom. The number of amides is 2. The highest BCUT2D eigenvalue weighted by Gasteiger charge is 2.27. The van der Waals surface area contributed by atoms with Crippen molar-refractivity contribution in [3.8, 4) is 0 Å². The molecule has 0 unspecified atom stereocenters. The fourth-order valence-electron chi connectivity index (χ4n) is 2.94. The van der Waals surface area contributed by atoms with Crippen LogP contribution in [0.2, 0.25) is 0 Å². The average Bonchev–Trinajstić information content (AvgIpc) is 3.02. The molecule has 0 bridgehead atoms. The molecule has 2 N–H and O–H groups in total. The molecular formula is C18H21N3O4. The van der Waals surface area contributed by atoms with Crippen molar-refractivity contribution >= 4 is 17.7 Å². The van der Waals surface area contributed by atoms with Gasteiger partial charge in [-0.15, -0.1) is 0 Å². The number of anilines is 1. The van der Waals surface area contributed by atoms with Gasteiger partial charge in [-0.3, -0.25) is 10.1 Å². The third kappa shape index (κ3) is 4.82. The van der Waals surface area contributed by atoms with Crippen LogP contribution < -0.4 is 10.6 Å². The van der Waals surface area contributed by atoms with E-state index in [0.29, 0.717) is 17.9 Å². The van der Waals surface area contributed by atoms with Crippen LogP contribution in [0.25, 0.3) is 0 Å². The molecule has 1 saturated carbocycles. The van der Waals surface area contributed by atoms with Crippen molar-refractivity contribution < 1.29 is 18.8 Å². The van der Waals surface area contributed by atoms with Crippen molar-refractivity contribution in [2.75, 3.05) is 5.32 Å². The predicted octanol–water partition coefficient (Wildman–Crippen LogP) is 3.27. The lowest BCUT2D eigenvalue weighted by Crippen LogP contribution is -2.41. The Morgan fingerprint density at radius 3 is 2.76 bits per heavy atom. The number of nitrogens with one attached hydrogen (secondary N) is 2. The van der Waals surface area contributed by atoms with Gasteiger partial charge in [0, 0.05) is 24.2 Å². The SMILES string of the molecule is Cc1cc(C(=O)N[C@@H]2CCC[C@H](OC(=O)Nc3ccccc3)C2)no1. The van der Waals surface area contributed by atoms with Crippen molar-refractivity contribution in [3.63, 3.8) is 0 Å². The summed E-state index contributed by atoms with van der Waals surface area (Å²) in [4.78, 5) is 24.1. The Morgan fingerprint density at radius 1 is 1.24 bits per heavy atom. The number of hydrogen-bond donors (Lipinski definition) is 2. The Hall–Kier alpha value is -2.83. The normalized spacial score (nSPS) is 19.9. The minimum absolute atomic E-state index is 0.0484. The molecule has 1 aromatic carbocycles. The molecule has 1 aromatic heterocycles. The molecule has 1 heterocycles. The lowest BCUT2D eigenvalue weighted by atomic mass is 9.92. The van der Waals surface area contributed by atoms with Crippen LogP contribution in [0.1, 0.15) is 41.9 Å². The van der Waals surface area contributed by atoms with Crippen LogP contribution in [0.15, 0.2) is 40.9 Å². The fraction of sp³-hybridized carbons (Fsp3) is 0.389. The number of para-hydroxylation sites is 1. The molecule has 0 spiro atoms. The Labute approximate surface area is 145 Å². The van der Waals surface area contributed by atoms with E-state index in [-0.39, 0.29) is 23.7 Å². The van der Waals surface area contributed by atoms with E-state index in [1.165, 1.54) is 0 Å². The molecule has 0 radical (unpaired) electrons. The van der Waals surface area contributed by atoms with Crippen LogP contribution >= 0.6 is 0 Å². The smallest absolute Gasteiger partial charge is 0.411 e. The first-order valence-electron chi connectivity index (χ1n) is 8.37. The van der Waals surface area contributed by atoms with Gasteiger partial charge in [0.05, 0.1) is 0 Å². The van der Waals surface area contributed by atoms with E-state index in [9.17, 15) is 9.59 Å². The third-order valence-corrected chi connectivity index (χ3v) is 4.12. The van der Waals surface area contributed by atoms with E-state index in [1.807, 2.05) is 18.2 Å². The maximum atomic E-state index is 12.1. The monoisotopic (exact) mass is 343 g/mol. The highest BCUT2D eigenvalue weighted by Crippen LogP contribution is 2.22. The first-order valence-corrected chi connectivity index (χ1v) is 8.37. The first-order chi connectivity index (χ1) is 12.1. The van der Waals surface area contributed by atoms with E-state index in [2.05, 4.69) is 15.8 Å². The standard InChI is InChI=1S/C18H21N3O4/c1-12-10-16(21-25-12)17(22)19-14-8-5-9-15(11-14)24-18(23)20-13-6-3-2-4-7-13/h2-4,6-7,10,14-15H,5,8-9,11H2,1H3,(H,19,22)(H,20,23)/t14-,15+/m1/s1. The van der Waals surface area contributed by atoms with E-state index in [1.54, 1.807) is 25.1 Å². The van der Waals surface area contributed by atoms with Crippen LogP contribution in [0, 0.1) is 6.92 Å². The van der Waals surface area contributed by atoms with Crippen LogP contribution in [-0.4, -0.2) is 29.3 Å². The Kier molecular flexibility index (Phi) is 5.33. The molecular weight excluding hydrogens is 322 g/mol. The van der Waals surface area contributed by atoms with Crippen molar-refractivity contribution in [1.29, 1.82) is 0 Å². The minimum Gasteiger partial charge on any atom is -0.446 e. The van der Waals surface area contributed by atoms with Crippen molar-refractivity contribution in [2.24, 2.45) is 0 Å². The van der Waals surface area contributed by atoms with E-state index in [4.69, 9.17) is 9.26 Å². The number of aromatic nitrogens is 1. The molecule has 1 aliphatic rings. The second kappa shape index (κ2) is 7.83. The molecule has 2 aromatic rings. The number of aryl methyl sites for hydroxylation is 1. The quantitative estimate of drug-likeness (QED) is 0.888. The summed E-state index contributed by atoms with van der Waals surface area (Å²) in [6.07, 6.45) is 2.41. The maximum Gasteiger partial charge on any atom is 0.411 e. The van der Waals surface area contributed by atoms with Crippen LogP contribution in [0.3, 0.4) is 0 Å². The molecule has 0 saturated heterocycles. The van der Waals surface area contributed by atoms with Gasteiger partial charge in [0.2, 0.25) is 0 Å². The van der Waals surface area contributed by atoms with Gasteiger partial charge in [0.1, 0.15) is 11.9 Å². The maximum absolute atomic E-state index is 12.1. The molecule has 25 heavy (non-hydrogen) atoms. The van der Waals surface area contributed by atoms with E-state index >= 15 is 0 Å². The van der Waals surface area contributed by atoms with Gasteiger partial charge in [-0.1, -0.05) is 23.4 Å². The van der Waals surface area contributed by atoms with Crippen molar-refractivity contribution in [2.45, 2.75) is 44.8 Å².